The number of furan rings is 1. The number of nitrogens with zero attached hydrogens (tertiary/aromatic N) is 1. The fourth-order valence-electron chi connectivity index (χ4n) is 9.49. The highest BCUT2D eigenvalue weighted by atomic mass is 32.1. The smallest absolute Gasteiger partial charge is 0.160 e. The van der Waals surface area contributed by atoms with Crippen molar-refractivity contribution < 1.29 is 4.42 Å². The summed E-state index contributed by atoms with van der Waals surface area (Å²) in [5.74, 6) is 0.385. The third kappa shape index (κ3) is 4.71. The number of hydrogen-bond donors (Lipinski definition) is 2. The Labute approximate surface area is 337 Å². The molecule has 9 aromatic carbocycles. The predicted molar refractivity (Wildman–Crippen MR) is 245 cm³/mol. The van der Waals surface area contributed by atoms with Crippen molar-refractivity contribution in [3.63, 3.8) is 0 Å². The molecule has 0 spiro atoms. The van der Waals surface area contributed by atoms with E-state index < -0.39 is 0 Å². The van der Waals surface area contributed by atoms with Gasteiger partial charge in [-0.15, -0.1) is 11.3 Å². The van der Waals surface area contributed by atoms with Gasteiger partial charge in [-0.1, -0.05) is 152 Å². The maximum absolute atomic E-state index is 9.87. The van der Waals surface area contributed by atoms with E-state index in [0.29, 0.717) is 5.84 Å². The Morgan fingerprint density at radius 1 is 0.569 bits per heavy atom. The number of rotatable bonds is 5. The van der Waals surface area contributed by atoms with Crippen molar-refractivity contribution in [3.8, 4) is 5.69 Å². The Morgan fingerprint density at radius 2 is 1.24 bits per heavy atom. The Morgan fingerprint density at radius 3 is 2.07 bits per heavy atom. The summed E-state index contributed by atoms with van der Waals surface area (Å²) in [6.07, 6.45) is 0. The molecule has 1 atom stereocenters. The average molecular weight is 762 g/mol. The highest BCUT2D eigenvalue weighted by molar-refractivity contribution is 7.26. The van der Waals surface area contributed by atoms with Crippen LogP contribution in [-0.4, -0.2) is 10.4 Å². The van der Waals surface area contributed by atoms with E-state index >= 15 is 0 Å². The summed E-state index contributed by atoms with van der Waals surface area (Å²) in [6.45, 7) is 2.15. The topological polar surface area (TPSA) is 54.0 Å². The van der Waals surface area contributed by atoms with Gasteiger partial charge < -0.3 is 14.3 Å². The average Bonchev–Trinajstić information content (AvgIpc) is 3.97. The zero-order chi connectivity index (χ0) is 38.5. The lowest BCUT2D eigenvalue weighted by Gasteiger charge is -2.24. The van der Waals surface area contributed by atoms with Crippen molar-refractivity contribution in [1.29, 1.82) is 5.41 Å². The molecular weight excluding hydrogens is 727 g/mol. The molecule has 2 N–H and O–H groups in total. The molecule has 0 saturated carbocycles. The van der Waals surface area contributed by atoms with E-state index in [-0.39, 0.29) is 6.04 Å². The van der Waals surface area contributed by atoms with E-state index in [1.165, 1.54) is 42.6 Å². The minimum absolute atomic E-state index is 0.201. The molecule has 0 aliphatic heterocycles. The molecule has 0 radical (unpaired) electrons. The van der Waals surface area contributed by atoms with Gasteiger partial charge in [0.2, 0.25) is 0 Å². The molecule has 1 unspecified atom stereocenters. The highest BCUT2D eigenvalue weighted by Crippen LogP contribution is 2.49. The van der Waals surface area contributed by atoms with Crippen molar-refractivity contribution in [2.75, 3.05) is 0 Å². The van der Waals surface area contributed by atoms with Crippen molar-refractivity contribution >= 4 is 103 Å². The van der Waals surface area contributed by atoms with Gasteiger partial charge in [0.25, 0.3) is 0 Å². The van der Waals surface area contributed by atoms with E-state index in [4.69, 9.17) is 4.42 Å². The molecule has 0 bridgehead atoms. The first-order chi connectivity index (χ1) is 28.6. The number of para-hydroxylation sites is 1. The minimum atomic E-state index is -0.201. The Bertz CT molecular complexity index is 3650. The molecule has 0 saturated heterocycles. The molecule has 0 aliphatic rings. The second-order valence-electron chi connectivity index (χ2n) is 15.2. The van der Waals surface area contributed by atoms with Gasteiger partial charge in [0.1, 0.15) is 11.4 Å². The lowest BCUT2D eigenvalue weighted by molar-refractivity contribution is 0.671. The third-order valence-corrected chi connectivity index (χ3v) is 13.3. The van der Waals surface area contributed by atoms with Crippen LogP contribution in [0.1, 0.15) is 28.3 Å². The van der Waals surface area contributed by atoms with E-state index in [0.717, 1.165) is 70.8 Å². The molecule has 3 aromatic heterocycles. The van der Waals surface area contributed by atoms with Gasteiger partial charge in [0, 0.05) is 48.0 Å². The predicted octanol–water partition coefficient (Wildman–Crippen LogP) is 14.4. The highest BCUT2D eigenvalue weighted by Gasteiger charge is 2.27. The number of amidine groups is 1. The van der Waals surface area contributed by atoms with Gasteiger partial charge >= 0.3 is 0 Å². The van der Waals surface area contributed by atoms with Gasteiger partial charge in [0.15, 0.2) is 5.58 Å². The summed E-state index contributed by atoms with van der Waals surface area (Å²) in [4.78, 5) is 0. The third-order valence-electron chi connectivity index (χ3n) is 12.1. The second kappa shape index (κ2) is 12.7. The maximum atomic E-state index is 9.87. The van der Waals surface area contributed by atoms with Crippen LogP contribution >= 0.6 is 11.3 Å². The van der Waals surface area contributed by atoms with E-state index in [9.17, 15) is 5.41 Å². The largest absolute Gasteiger partial charge is 0.454 e. The van der Waals surface area contributed by atoms with Crippen LogP contribution in [0, 0.1) is 12.3 Å². The first-order valence-corrected chi connectivity index (χ1v) is 20.5. The van der Waals surface area contributed by atoms with Gasteiger partial charge in [0.05, 0.1) is 27.5 Å². The summed E-state index contributed by atoms with van der Waals surface area (Å²) in [7, 11) is 0. The lowest BCUT2D eigenvalue weighted by atomic mass is 9.94. The maximum Gasteiger partial charge on any atom is 0.160 e. The van der Waals surface area contributed by atoms with Crippen LogP contribution in [0.4, 0.5) is 0 Å². The van der Waals surface area contributed by atoms with Crippen molar-refractivity contribution in [3.05, 3.63) is 198 Å². The second-order valence-corrected chi connectivity index (χ2v) is 16.3. The molecule has 12 rings (SSSR count). The SMILES string of the molecule is Cc1ccccc1C(NC(=N)c1ccc(-n2c3c4ccccc4ccc3c3c4ccccc4c4c5ccccc5oc4c32)c2sc3ccccc3c12)c1ccccc1. The normalized spacial score (nSPS) is 12.6. The molecular formula is C53H35N3OS. The van der Waals surface area contributed by atoms with E-state index in [1.807, 2.05) is 6.07 Å². The van der Waals surface area contributed by atoms with Crippen molar-refractivity contribution in [2.24, 2.45) is 0 Å². The molecule has 4 nitrogen and oxygen atoms in total. The standard InChI is InChI=1S/C53H35N3OS/c1-31-15-5-7-19-34(31)48(33-17-3-2-4-18-33)55-53(54)41-29-30-42(52-47(41)39-24-12-14-26-44(39)58-52)56-49-35-20-8-6-16-32(35)27-28-40(49)45-36-21-9-10-22-37(36)46-38-23-11-13-25-43(38)57-51(46)50(45)56/h2-30,48H,1H3,(H2,54,55). The Hall–Kier alpha value is -7.21. The molecule has 0 fully saturated rings. The van der Waals surface area contributed by atoms with Crippen LogP contribution in [0.5, 0.6) is 0 Å². The zero-order valence-corrected chi connectivity index (χ0v) is 32.4. The summed E-state index contributed by atoms with van der Waals surface area (Å²) >= 11 is 1.79. The number of fused-ring (bicyclic) bond motifs is 15. The molecule has 0 aliphatic carbocycles. The zero-order valence-electron chi connectivity index (χ0n) is 31.6. The van der Waals surface area contributed by atoms with Gasteiger partial charge in [-0.25, -0.2) is 0 Å². The fourth-order valence-corrected chi connectivity index (χ4v) is 10.7. The molecule has 3 heterocycles. The van der Waals surface area contributed by atoms with Crippen LogP contribution in [0.2, 0.25) is 0 Å². The van der Waals surface area contributed by atoms with Crippen molar-refractivity contribution in [2.45, 2.75) is 13.0 Å². The van der Waals surface area contributed by atoms with Crippen LogP contribution in [-0.2, 0) is 0 Å². The summed E-state index contributed by atoms with van der Waals surface area (Å²) in [5.41, 5.74) is 9.35. The monoisotopic (exact) mass is 761 g/mol. The molecule has 0 amide bonds. The minimum Gasteiger partial charge on any atom is -0.454 e. The number of aromatic nitrogens is 1. The van der Waals surface area contributed by atoms with E-state index in [1.54, 1.807) is 11.3 Å². The quantitative estimate of drug-likeness (QED) is 0.136. The van der Waals surface area contributed by atoms with Crippen LogP contribution in [0.25, 0.3) is 91.1 Å². The lowest BCUT2D eigenvalue weighted by Crippen LogP contribution is -2.30. The van der Waals surface area contributed by atoms with Crippen LogP contribution in [0.3, 0.4) is 0 Å². The summed E-state index contributed by atoms with van der Waals surface area (Å²) in [5, 5.41) is 25.2. The van der Waals surface area contributed by atoms with Crippen molar-refractivity contribution in [1.82, 2.24) is 9.88 Å². The van der Waals surface area contributed by atoms with Gasteiger partial charge in [-0.3, -0.25) is 5.41 Å². The number of thiophene rings is 1. The summed E-state index contributed by atoms with van der Waals surface area (Å²) in [6, 6.07) is 62.2. The Kier molecular flexibility index (Phi) is 7.19. The van der Waals surface area contributed by atoms with Gasteiger partial charge in [-0.2, -0.15) is 0 Å². The van der Waals surface area contributed by atoms with E-state index in [2.05, 4.69) is 187 Å². The first-order valence-electron chi connectivity index (χ1n) is 19.7. The molecule has 5 heteroatoms. The molecule has 58 heavy (non-hydrogen) atoms. The molecule has 12 aromatic rings. The first kappa shape index (κ1) is 33.0. The Balaban J connectivity index is 1.19. The number of benzene rings is 9. The van der Waals surface area contributed by atoms with Crippen LogP contribution in [0.15, 0.2) is 180 Å². The fraction of sp³-hybridized carbons (Fsp3) is 0.0377. The van der Waals surface area contributed by atoms with Gasteiger partial charge in [-0.05, 0) is 64.0 Å². The number of nitrogens with one attached hydrogen (secondary N) is 2. The van der Waals surface area contributed by atoms with Crippen LogP contribution < -0.4 is 5.32 Å². The number of hydrogen-bond acceptors (Lipinski definition) is 3. The number of aryl methyl sites for hydroxylation is 1. The summed E-state index contributed by atoms with van der Waals surface area (Å²) < 4.78 is 11.8. The molecule has 274 valence electrons.